The van der Waals surface area contributed by atoms with Gasteiger partial charge in [0.15, 0.2) is 9.84 Å². The molecule has 8 heteroatoms. The molecule has 0 spiro atoms. The fourth-order valence-electron chi connectivity index (χ4n) is 3.48. The third-order valence-electron chi connectivity index (χ3n) is 5.06. The van der Waals surface area contributed by atoms with Gasteiger partial charge in [-0.2, -0.15) is 0 Å². The van der Waals surface area contributed by atoms with Gasteiger partial charge in [0, 0.05) is 17.2 Å². The normalized spacial score (nSPS) is 13.4. The number of fused-ring (bicyclic) bond motifs is 2. The van der Waals surface area contributed by atoms with Gasteiger partial charge in [-0.3, -0.25) is 0 Å². The van der Waals surface area contributed by atoms with Crippen LogP contribution < -0.4 is 5.32 Å². The lowest BCUT2D eigenvalue weighted by molar-refractivity contribution is 0.435. The Balaban J connectivity index is 1.73. The van der Waals surface area contributed by atoms with E-state index in [1.807, 2.05) is 6.92 Å². The highest BCUT2D eigenvalue weighted by molar-refractivity contribution is 7.90. The highest BCUT2D eigenvalue weighted by atomic mass is 32.2. The van der Waals surface area contributed by atoms with Crippen molar-refractivity contribution in [2.75, 3.05) is 11.6 Å². The third-order valence-corrected chi connectivity index (χ3v) is 6.17. The second-order valence-electron chi connectivity index (χ2n) is 7.63. The first kappa shape index (κ1) is 19.4. The minimum absolute atomic E-state index is 0.152. The second kappa shape index (κ2) is 6.88. The number of furan rings is 1. The van der Waals surface area contributed by atoms with Crippen molar-refractivity contribution >= 4 is 37.8 Å². The molecule has 0 unspecified atom stereocenters. The monoisotopic (exact) mass is 415 g/mol. The number of aromatic nitrogens is 2. The van der Waals surface area contributed by atoms with Crippen molar-refractivity contribution in [2.24, 2.45) is 5.92 Å². The summed E-state index contributed by atoms with van der Waals surface area (Å²) in [7, 11) is -3.30. The van der Waals surface area contributed by atoms with Crippen LogP contribution in [-0.2, 0) is 9.84 Å². The van der Waals surface area contributed by atoms with Gasteiger partial charge in [-0.15, -0.1) is 0 Å². The summed E-state index contributed by atoms with van der Waals surface area (Å²) in [5.74, 6) is 1.08. The van der Waals surface area contributed by atoms with Gasteiger partial charge in [-0.1, -0.05) is 13.8 Å². The molecule has 152 valence electrons. The minimum atomic E-state index is -3.30. The molecule has 0 aliphatic rings. The lowest BCUT2D eigenvalue weighted by Gasteiger charge is -2.20. The molecule has 1 atom stereocenters. The fraction of sp³-hybridized carbons (Fsp3) is 0.286. The third kappa shape index (κ3) is 3.60. The average molecular weight is 415 g/mol. The molecule has 4 aromatic rings. The first-order valence-electron chi connectivity index (χ1n) is 9.28. The topological polar surface area (TPSA) is 88.0 Å². The van der Waals surface area contributed by atoms with Crippen molar-refractivity contribution in [1.82, 2.24) is 9.97 Å². The molecule has 29 heavy (non-hydrogen) atoms. The molecule has 0 fully saturated rings. The van der Waals surface area contributed by atoms with Gasteiger partial charge < -0.3 is 14.7 Å². The van der Waals surface area contributed by atoms with Crippen LogP contribution in [0.5, 0.6) is 0 Å². The summed E-state index contributed by atoms with van der Waals surface area (Å²) in [4.78, 5) is 7.89. The molecule has 0 saturated carbocycles. The Morgan fingerprint density at radius 2 is 1.93 bits per heavy atom. The van der Waals surface area contributed by atoms with Crippen molar-refractivity contribution in [2.45, 2.75) is 31.7 Å². The van der Waals surface area contributed by atoms with Gasteiger partial charge in [0.25, 0.3) is 0 Å². The van der Waals surface area contributed by atoms with Gasteiger partial charge >= 0.3 is 0 Å². The van der Waals surface area contributed by atoms with Crippen LogP contribution >= 0.6 is 0 Å². The Morgan fingerprint density at radius 1 is 1.17 bits per heavy atom. The van der Waals surface area contributed by atoms with Crippen LogP contribution in [0.25, 0.3) is 22.0 Å². The largest absolute Gasteiger partial charge is 0.459 e. The Kier molecular flexibility index (Phi) is 4.61. The fourth-order valence-corrected chi connectivity index (χ4v) is 4.13. The Morgan fingerprint density at radius 3 is 2.62 bits per heavy atom. The maximum Gasteiger partial charge on any atom is 0.201 e. The molecule has 2 aromatic carbocycles. The maximum absolute atomic E-state index is 13.7. The summed E-state index contributed by atoms with van der Waals surface area (Å²) >= 11 is 0. The van der Waals surface area contributed by atoms with Crippen molar-refractivity contribution in [3.8, 4) is 0 Å². The number of aryl methyl sites for hydroxylation is 1. The number of nitrogens with zero attached hydrogens (tertiary/aromatic N) is 1. The quantitative estimate of drug-likeness (QED) is 0.480. The van der Waals surface area contributed by atoms with Crippen molar-refractivity contribution in [1.29, 1.82) is 0 Å². The minimum Gasteiger partial charge on any atom is -0.459 e. The van der Waals surface area contributed by atoms with E-state index in [4.69, 9.17) is 4.42 Å². The lowest BCUT2D eigenvalue weighted by Crippen LogP contribution is -2.17. The van der Waals surface area contributed by atoms with E-state index in [2.05, 4.69) is 29.1 Å². The lowest BCUT2D eigenvalue weighted by atomic mass is 9.98. The van der Waals surface area contributed by atoms with Crippen molar-refractivity contribution in [3.63, 3.8) is 0 Å². The molecule has 2 heterocycles. The smallest absolute Gasteiger partial charge is 0.201 e. The molecule has 0 amide bonds. The van der Waals surface area contributed by atoms with Gasteiger partial charge in [-0.25, -0.2) is 17.8 Å². The number of aromatic amines is 1. The summed E-state index contributed by atoms with van der Waals surface area (Å²) in [6.07, 6.45) is 1.17. The number of benzene rings is 2. The van der Waals surface area contributed by atoms with Gasteiger partial charge in [0.1, 0.15) is 17.2 Å². The highest BCUT2D eigenvalue weighted by Crippen LogP contribution is 2.35. The summed E-state index contributed by atoms with van der Waals surface area (Å²) in [5.41, 5.74) is 2.79. The van der Waals surface area contributed by atoms with Crippen LogP contribution in [0.15, 0.2) is 45.7 Å². The number of rotatable bonds is 5. The second-order valence-corrected chi connectivity index (χ2v) is 9.65. The average Bonchev–Trinajstić information content (AvgIpc) is 3.19. The maximum atomic E-state index is 13.7. The number of H-pyrrole nitrogens is 1. The molecule has 0 bridgehead atoms. The number of nitrogens with one attached hydrogen (secondary N) is 2. The summed E-state index contributed by atoms with van der Waals surface area (Å²) in [6, 6.07) is 9.07. The number of sulfone groups is 1. The van der Waals surface area contributed by atoms with E-state index in [0.717, 1.165) is 16.7 Å². The molecular formula is C21H22FN3O3S. The molecule has 0 aliphatic carbocycles. The zero-order valence-corrected chi connectivity index (χ0v) is 17.4. The van der Waals surface area contributed by atoms with E-state index in [9.17, 15) is 12.8 Å². The molecule has 0 radical (unpaired) electrons. The van der Waals surface area contributed by atoms with Crippen molar-refractivity contribution in [3.05, 3.63) is 53.5 Å². The standard InChI is InChI=1S/C21H22FN3O3S/c1-11(2)19(20-12(3)15-9-13(22)5-8-18(15)28-20)25-21-23-16-7-6-14(29(4,26)27)10-17(16)24-21/h5-11,19H,1-4H3,(H2,23,24,25)/t19-/m0/s1. The number of hydrogen-bond donors (Lipinski definition) is 2. The number of imidazole rings is 1. The van der Waals surface area contributed by atoms with Crippen molar-refractivity contribution < 1.29 is 17.2 Å². The van der Waals surface area contributed by atoms with Crippen LogP contribution in [-0.4, -0.2) is 24.6 Å². The summed E-state index contributed by atoms with van der Waals surface area (Å²) in [6.45, 7) is 6.01. The zero-order chi connectivity index (χ0) is 20.9. The number of anilines is 1. The predicted octanol–water partition coefficient (Wildman–Crippen LogP) is 4.97. The van der Waals surface area contributed by atoms with E-state index in [1.54, 1.807) is 24.3 Å². The van der Waals surface area contributed by atoms with E-state index < -0.39 is 9.84 Å². The van der Waals surface area contributed by atoms with Gasteiger partial charge in [-0.05, 0) is 49.2 Å². The predicted molar refractivity (Wildman–Crippen MR) is 111 cm³/mol. The first-order valence-corrected chi connectivity index (χ1v) is 11.2. The van der Waals surface area contributed by atoms with Gasteiger partial charge in [0.05, 0.1) is 22.0 Å². The van der Waals surface area contributed by atoms with Gasteiger partial charge in [0.2, 0.25) is 5.95 Å². The van der Waals surface area contributed by atoms with Crippen LogP contribution in [0.1, 0.15) is 31.2 Å². The number of hydrogen-bond acceptors (Lipinski definition) is 5. The zero-order valence-electron chi connectivity index (χ0n) is 16.6. The number of halogens is 1. The molecule has 0 saturated heterocycles. The Bertz CT molecular complexity index is 1320. The molecule has 0 aliphatic heterocycles. The van der Waals surface area contributed by atoms with E-state index in [1.165, 1.54) is 18.4 Å². The Labute approximate surface area is 168 Å². The summed E-state index contributed by atoms with van der Waals surface area (Å²) < 4.78 is 43.3. The molecule has 4 rings (SSSR count). The van der Waals surface area contributed by atoms with Crippen LogP contribution in [0.2, 0.25) is 0 Å². The molecule has 2 N–H and O–H groups in total. The Hall–Kier alpha value is -2.87. The molecule has 2 aromatic heterocycles. The molecule has 6 nitrogen and oxygen atoms in total. The first-order chi connectivity index (χ1) is 13.6. The van der Waals surface area contributed by atoms with Crippen LogP contribution in [0, 0.1) is 18.7 Å². The van der Waals surface area contributed by atoms with Crippen LogP contribution in [0.3, 0.4) is 0 Å². The van der Waals surface area contributed by atoms with E-state index in [0.29, 0.717) is 22.6 Å². The van der Waals surface area contributed by atoms with Crippen LogP contribution in [0.4, 0.5) is 10.3 Å². The molecular weight excluding hydrogens is 393 g/mol. The summed E-state index contributed by atoms with van der Waals surface area (Å²) in [5, 5.41) is 4.10. The SMILES string of the molecule is Cc1c([C@@H](Nc2nc3ccc(S(C)(=O)=O)cc3[nH]2)C(C)C)oc2ccc(F)cc12. The van der Waals surface area contributed by atoms with E-state index >= 15 is 0 Å². The van der Waals surface area contributed by atoms with E-state index in [-0.39, 0.29) is 22.7 Å². The highest BCUT2D eigenvalue weighted by Gasteiger charge is 2.25.